The van der Waals surface area contributed by atoms with E-state index >= 15 is 0 Å². The van der Waals surface area contributed by atoms with Crippen molar-refractivity contribution in [2.24, 2.45) is 0 Å². The van der Waals surface area contributed by atoms with E-state index in [2.05, 4.69) is 15.9 Å². The fourth-order valence-electron chi connectivity index (χ4n) is 4.88. The maximum absolute atomic E-state index is 12.9. The summed E-state index contributed by atoms with van der Waals surface area (Å²) in [6.07, 6.45) is 0.0219. The number of hydrogen-bond acceptors (Lipinski definition) is 11. The molecule has 3 aromatic rings. The second-order valence-electron chi connectivity index (χ2n) is 11.7. The monoisotopic (exact) mass is 858 g/mol. The average molecular weight is 859 g/mol. The van der Waals surface area contributed by atoms with E-state index in [1.54, 1.807) is 42.7 Å². The first-order valence-corrected chi connectivity index (χ1v) is 17.3. The van der Waals surface area contributed by atoms with Crippen LogP contribution in [-0.4, -0.2) is 90.3 Å². The van der Waals surface area contributed by atoms with Gasteiger partial charge in [-0.1, -0.05) is 0 Å². The van der Waals surface area contributed by atoms with Crippen LogP contribution in [-0.2, 0) is 43.3 Å². The molecule has 0 bridgehead atoms. The van der Waals surface area contributed by atoms with Gasteiger partial charge in [0, 0.05) is 33.5 Å². The molecule has 3 rings (SSSR count). The smallest absolute Gasteiger partial charge is 0.500 e. The molecule has 0 aromatic heterocycles. The molecule has 0 N–H and O–H groups in total. The van der Waals surface area contributed by atoms with Crippen molar-refractivity contribution in [3.8, 4) is 34.5 Å². The second-order valence-corrected chi connectivity index (χ2v) is 12.5. The Bertz CT molecular complexity index is 1450. The third kappa shape index (κ3) is 16.8. The van der Waals surface area contributed by atoms with Gasteiger partial charge >= 0.3 is 65.5 Å². The number of benzene rings is 3. The predicted octanol–water partition coefficient (Wildman–Crippen LogP) is 3.92. The summed E-state index contributed by atoms with van der Waals surface area (Å²) >= 11 is 3.40. The summed E-state index contributed by atoms with van der Waals surface area (Å²) in [5.74, 6) is 2.33. The van der Waals surface area contributed by atoms with Crippen molar-refractivity contribution in [3.63, 3.8) is 0 Å². The van der Waals surface area contributed by atoms with Crippen LogP contribution < -0.4 is 90.7 Å². The molecule has 0 aliphatic rings. The van der Waals surface area contributed by atoms with E-state index in [-0.39, 0.29) is 81.7 Å². The van der Waals surface area contributed by atoms with Crippen molar-refractivity contribution < 1.29 is 116 Å². The van der Waals surface area contributed by atoms with E-state index in [9.17, 15) is 12.9 Å². The van der Waals surface area contributed by atoms with Gasteiger partial charge in [0.05, 0.1) is 79.4 Å². The molecule has 0 heterocycles. The largest absolute Gasteiger partial charge is 1.00 e. The molecule has 3 aromatic carbocycles. The molecule has 0 radical (unpaired) electrons. The zero-order valence-electron chi connectivity index (χ0n) is 33.9. The predicted molar refractivity (Wildman–Crippen MR) is 205 cm³/mol. The molecule has 298 valence electrons. The van der Waals surface area contributed by atoms with Gasteiger partial charge in [0.25, 0.3) is 0 Å². The molecular weight excluding hydrogens is 806 g/mol. The Morgan fingerprint density at radius 1 is 0.519 bits per heavy atom. The summed E-state index contributed by atoms with van der Waals surface area (Å²) in [5.41, 5.74) is 2.45. The standard InChI is InChI=1S/C16H27BO5.C10H13BF3O3.C10H13BrO3.K/c1-11(2)21-17(22-12(3)4)16-14(19-6)8-13(10-18-5)9-15(16)20-7;1-15-6-7-4-8(16-2)10(11(12,13)14)9(5-7)17-3;1-12-6-7-4-8(13-2)10(11)9(5-7)14-3;/h8-9,11-12H,10H2,1-7H3;4-5H,6H2,1-3H3;4-5H,6H2,1-3H3;/q;-1;;+1. The fraction of sp³-hybridized carbons (Fsp3) is 0.500. The molecule has 0 fully saturated rings. The number of halogens is 4. The molecule has 11 nitrogen and oxygen atoms in total. The van der Waals surface area contributed by atoms with Gasteiger partial charge in [-0.05, 0) is 102 Å². The topological polar surface area (TPSA) is 102 Å². The first-order chi connectivity index (χ1) is 25.1. The van der Waals surface area contributed by atoms with Crippen molar-refractivity contribution in [1.29, 1.82) is 0 Å². The van der Waals surface area contributed by atoms with Crippen LogP contribution in [0.1, 0.15) is 44.4 Å². The van der Waals surface area contributed by atoms with Crippen molar-refractivity contribution in [3.05, 3.63) is 57.6 Å². The van der Waals surface area contributed by atoms with E-state index < -0.39 is 19.6 Å². The first-order valence-electron chi connectivity index (χ1n) is 16.5. The number of hydrogen-bond donors (Lipinski definition) is 0. The number of rotatable bonds is 18. The van der Waals surface area contributed by atoms with Gasteiger partial charge in [-0.2, -0.15) is 0 Å². The average Bonchev–Trinajstić information content (AvgIpc) is 3.11. The molecule has 0 atom stereocenters. The van der Waals surface area contributed by atoms with Crippen LogP contribution in [0.4, 0.5) is 12.9 Å². The van der Waals surface area contributed by atoms with E-state index in [4.69, 9.17) is 51.9 Å². The van der Waals surface area contributed by atoms with Gasteiger partial charge in [0.15, 0.2) is 0 Å². The molecule has 0 saturated heterocycles. The van der Waals surface area contributed by atoms with Gasteiger partial charge in [0.1, 0.15) is 27.5 Å². The third-order valence-electron chi connectivity index (χ3n) is 7.00. The Balaban J connectivity index is 0.000000793. The summed E-state index contributed by atoms with van der Waals surface area (Å²) in [4.78, 5) is 0. The Morgan fingerprint density at radius 2 is 0.796 bits per heavy atom. The number of ether oxygens (including phenoxy) is 9. The molecule has 18 heteroatoms. The van der Waals surface area contributed by atoms with Crippen molar-refractivity contribution >= 4 is 41.0 Å². The Labute approximate surface area is 369 Å². The van der Waals surface area contributed by atoms with Crippen molar-refractivity contribution in [2.45, 2.75) is 59.7 Å². The SMILES string of the molecule is COCc1cc(OC)c(B(OC(C)C)OC(C)C)c(OC)c1.COCc1cc(OC)c(Br)c(OC)c1.COCc1cc(OC)c([B-](F)(F)F)c(OC)c1.[K+]. The summed E-state index contributed by atoms with van der Waals surface area (Å²) in [5, 5.41) is 0. The Kier molecular flexibility index (Phi) is 26.2. The molecule has 0 spiro atoms. The van der Waals surface area contributed by atoms with Crippen LogP contribution in [0.5, 0.6) is 34.5 Å². The molecule has 0 saturated carbocycles. The maximum atomic E-state index is 12.9. The summed E-state index contributed by atoms with van der Waals surface area (Å²) < 4.78 is 97.3. The molecular formula is C36H53B2BrF3KO11. The molecule has 0 amide bonds. The summed E-state index contributed by atoms with van der Waals surface area (Å²) in [6.45, 7) is 3.89. The zero-order valence-corrected chi connectivity index (χ0v) is 38.6. The Morgan fingerprint density at radius 3 is 1.04 bits per heavy atom. The molecule has 0 aliphatic heterocycles. The number of methoxy groups -OCH3 is 9. The van der Waals surface area contributed by atoms with E-state index in [0.29, 0.717) is 30.3 Å². The Hall–Kier alpha value is -1.70. The minimum absolute atomic E-state index is 0. The van der Waals surface area contributed by atoms with Crippen LogP contribution in [0.3, 0.4) is 0 Å². The van der Waals surface area contributed by atoms with Crippen LogP contribution in [0.15, 0.2) is 40.9 Å². The van der Waals surface area contributed by atoms with E-state index in [1.165, 1.54) is 33.5 Å². The second kappa shape index (κ2) is 27.0. The van der Waals surface area contributed by atoms with Gasteiger partial charge in [-0.15, -0.1) is 0 Å². The minimum Gasteiger partial charge on any atom is -0.500 e. The maximum Gasteiger partial charge on any atom is 1.00 e. The van der Waals surface area contributed by atoms with Crippen LogP contribution in [0.2, 0.25) is 0 Å². The molecule has 0 aliphatic carbocycles. The van der Waals surface area contributed by atoms with Gasteiger partial charge in [-0.3, -0.25) is 0 Å². The van der Waals surface area contributed by atoms with E-state index in [0.717, 1.165) is 32.6 Å². The van der Waals surface area contributed by atoms with Crippen molar-refractivity contribution in [1.82, 2.24) is 0 Å². The van der Waals surface area contributed by atoms with Crippen LogP contribution >= 0.6 is 15.9 Å². The molecule has 0 unspecified atom stereocenters. The van der Waals surface area contributed by atoms with Gasteiger partial charge in [0.2, 0.25) is 0 Å². The summed E-state index contributed by atoms with van der Waals surface area (Å²) in [7, 11) is 13.1. The van der Waals surface area contributed by atoms with Gasteiger partial charge < -0.3 is 64.9 Å². The minimum atomic E-state index is -5.19. The van der Waals surface area contributed by atoms with Crippen LogP contribution in [0.25, 0.3) is 0 Å². The zero-order chi connectivity index (χ0) is 40.3. The van der Waals surface area contributed by atoms with Gasteiger partial charge in [-0.25, -0.2) is 0 Å². The fourth-order valence-corrected chi connectivity index (χ4v) is 5.43. The summed E-state index contributed by atoms with van der Waals surface area (Å²) in [6, 6.07) is 10.3. The molecule has 54 heavy (non-hydrogen) atoms. The van der Waals surface area contributed by atoms with Crippen LogP contribution in [0, 0.1) is 0 Å². The normalized spacial score (nSPS) is 10.7. The first kappa shape index (κ1) is 52.3. The quantitative estimate of drug-likeness (QED) is 0.174. The van der Waals surface area contributed by atoms with Crippen molar-refractivity contribution in [2.75, 3.05) is 64.0 Å². The van der Waals surface area contributed by atoms with E-state index in [1.807, 2.05) is 52.0 Å². The third-order valence-corrected chi connectivity index (χ3v) is 7.78.